The summed E-state index contributed by atoms with van der Waals surface area (Å²) >= 11 is 9.47. The lowest BCUT2D eigenvalue weighted by atomic mass is 10.00. The van der Waals surface area contributed by atoms with E-state index >= 15 is 0 Å². The highest BCUT2D eigenvalue weighted by Crippen LogP contribution is 2.31. The Labute approximate surface area is 110 Å². The molecule has 1 aromatic rings. The highest BCUT2D eigenvalue weighted by Gasteiger charge is 2.23. The minimum absolute atomic E-state index is 0.624. The lowest BCUT2D eigenvalue weighted by molar-refractivity contribution is 0.446. The summed E-state index contributed by atoms with van der Waals surface area (Å²) in [7, 11) is 0. The van der Waals surface area contributed by atoms with Crippen molar-refractivity contribution in [1.29, 1.82) is 0 Å². The molecular weight excluding hydrogens is 288 g/mol. The van der Waals surface area contributed by atoms with Gasteiger partial charge in [-0.2, -0.15) is 0 Å². The summed E-state index contributed by atoms with van der Waals surface area (Å²) in [5.41, 5.74) is 0. The molecule has 1 aliphatic rings. The van der Waals surface area contributed by atoms with Crippen LogP contribution in [-0.2, 0) is 0 Å². The van der Waals surface area contributed by atoms with Crippen LogP contribution >= 0.6 is 27.5 Å². The Kier molecular flexibility index (Phi) is 4.09. The van der Waals surface area contributed by atoms with Crippen LogP contribution in [0.3, 0.4) is 0 Å². The maximum Gasteiger partial charge on any atom is 0.143 e. The van der Waals surface area contributed by atoms with E-state index in [0.717, 1.165) is 16.8 Å². The van der Waals surface area contributed by atoms with Gasteiger partial charge in [-0.3, -0.25) is 0 Å². The van der Waals surface area contributed by atoms with E-state index in [1.54, 1.807) is 6.20 Å². The molecule has 2 rings (SSSR count). The Morgan fingerprint density at radius 3 is 3.06 bits per heavy atom. The first-order valence-corrected chi connectivity index (χ1v) is 6.97. The zero-order valence-electron chi connectivity index (χ0n) is 9.42. The van der Waals surface area contributed by atoms with Crippen molar-refractivity contribution in [2.75, 3.05) is 11.4 Å². The van der Waals surface area contributed by atoms with Crippen molar-refractivity contribution >= 4 is 33.3 Å². The van der Waals surface area contributed by atoms with Gasteiger partial charge in [0.25, 0.3) is 0 Å². The molecule has 1 saturated heterocycles. The second kappa shape index (κ2) is 5.37. The largest absolute Gasteiger partial charge is 0.353 e. The maximum absolute atomic E-state index is 5.92. The van der Waals surface area contributed by atoms with Crippen LogP contribution in [0, 0.1) is 0 Å². The number of hydrogen-bond acceptors (Lipinski definition) is 2. The van der Waals surface area contributed by atoms with E-state index in [4.69, 9.17) is 11.6 Å². The minimum Gasteiger partial charge on any atom is -0.353 e. The van der Waals surface area contributed by atoms with E-state index < -0.39 is 0 Å². The van der Waals surface area contributed by atoms with Crippen molar-refractivity contribution in [2.45, 2.75) is 38.6 Å². The summed E-state index contributed by atoms with van der Waals surface area (Å²) in [5.74, 6) is 1.04. The van der Waals surface area contributed by atoms with Crippen LogP contribution in [0.2, 0.25) is 5.02 Å². The molecule has 2 heterocycles. The molecule has 0 N–H and O–H groups in total. The SMILES string of the molecule is CCC1CCCCN1c1ncc(Cl)cc1Br. The molecular formula is C12H16BrClN2. The summed E-state index contributed by atoms with van der Waals surface area (Å²) in [6.45, 7) is 3.35. The van der Waals surface area contributed by atoms with Gasteiger partial charge < -0.3 is 4.90 Å². The molecule has 4 heteroatoms. The molecule has 0 amide bonds. The molecule has 16 heavy (non-hydrogen) atoms. The molecule has 0 aromatic carbocycles. The van der Waals surface area contributed by atoms with Crippen molar-refractivity contribution in [1.82, 2.24) is 4.98 Å². The van der Waals surface area contributed by atoms with Crippen LogP contribution in [-0.4, -0.2) is 17.6 Å². The predicted molar refractivity (Wildman–Crippen MR) is 72.2 cm³/mol. The molecule has 0 saturated carbocycles. The smallest absolute Gasteiger partial charge is 0.143 e. The molecule has 88 valence electrons. The van der Waals surface area contributed by atoms with Crippen LogP contribution in [0.25, 0.3) is 0 Å². The first-order valence-electron chi connectivity index (χ1n) is 5.80. The number of halogens is 2. The fraction of sp³-hybridized carbons (Fsp3) is 0.583. The Balaban J connectivity index is 2.27. The minimum atomic E-state index is 0.624. The lowest BCUT2D eigenvalue weighted by Crippen LogP contribution is -2.39. The van der Waals surface area contributed by atoms with Crippen molar-refractivity contribution in [2.24, 2.45) is 0 Å². The summed E-state index contributed by atoms with van der Waals surface area (Å²) in [4.78, 5) is 6.85. The van der Waals surface area contributed by atoms with Gasteiger partial charge in [-0.25, -0.2) is 4.98 Å². The Hall–Kier alpha value is -0.280. The van der Waals surface area contributed by atoms with E-state index in [1.807, 2.05) is 6.07 Å². The van der Waals surface area contributed by atoms with Crippen molar-refractivity contribution in [3.63, 3.8) is 0 Å². The van der Waals surface area contributed by atoms with Gasteiger partial charge in [-0.1, -0.05) is 18.5 Å². The van der Waals surface area contributed by atoms with E-state index in [0.29, 0.717) is 11.1 Å². The molecule has 1 fully saturated rings. The normalized spacial score (nSPS) is 21.2. The molecule has 1 aliphatic heterocycles. The molecule has 2 nitrogen and oxygen atoms in total. The second-order valence-corrected chi connectivity index (χ2v) is 5.50. The van der Waals surface area contributed by atoms with E-state index in [-0.39, 0.29) is 0 Å². The number of aromatic nitrogens is 1. The number of nitrogens with zero attached hydrogens (tertiary/aromatic N) is 2. The maximum atomic E-state index is 5.92. The number of pyridine rings is 1. The number of hydrogen-bond donors (Lipinski definition) is 0. The third-order valence-corrected chi connectivity index (χ3v) is 3.95. The molecule has 1 aromatic heterocycles. The quantitative estimate of drug-likeness (QED) is 0.811. The van der Waals surface area contributed by atoms with E-state index in [1.165, 1.54) is 25.7 Å². The number of piperidine rings is 1. The zero-order valence-corrected chi connectivity index (χ0v) is 11.8. The van der Waals surface area contributed by atoms with Crippen molar-refractivity contribution in [3.8, 4) is 0 Å². The van der Waals surface area contributed by atoms with Crippen LogP contribution in [0.1, 0.15) is 32.6 Å². The van der Waals surface area contributed by atoms with Crippen LogP contribution in [0.15, 0.2) is 16.7 Å². The Morgan fingerprint density at radius 1 is 1.56 bits per heavy atom. The topological polar surface area (TPSA) is 16.1 Å². The number of anilines is 1. The van der Waals surface area contributed by atoms with Gasteiger partial charge in [0.15, 0.2) is 0 Å². The summed E-state index contributed by atoms with van der Waals surface area (Å²) in [6.07, 6.45) is 6.76. The second-order valence-electron chi connectivity index (χ2n) is 4.21. The molecule has 0 spiro atoms. The summed E-state index contributed by atoms with van der Waals surface area (Å²) in [6, 6.07) is 2.55. The first kappa shape index (κ1) is 12.2. The molecule has 0 aliphatic carbocycles. The van der Waals surface area contributed by atoms with Gasteiger partial charge in [0.05, 0.1) is 9.50 Å². The van der Waals surface area contributed by atoms with E-state index in [9.17, 15) is 0 Å². The standard InChI is InChI=1S/C12H16BrClN2/c1-2-10-5-3-4-6-16(10)12-11(13)7-9(14)8-15-12/h7-8,10H,2-6H2,1H3. The fourth-order valence-corrected chi connectivity index (χ4v) is 3.19. The molecule has 1 unspecified atom stereocenters. The van der Waals surface area contributed by atoms with E-state index in [2.05, 4.69) is 32.7 Å². The molecule has 0 bridgehead atoms. The molecule has 0 radical (unpaired) electrons. The number of rotatable bonds is 2. The van der Waals surface area contributed by atoms with Crippen LogP contribution in [0.5, 0.6) is 0 Å². The van der Waals surface area contributed by atoms with Gasteiger partial charge in [0, 0.05) is 18.8 Å². The highest BCUT2D eigenvalue weighted by molar-refractivity contribution is 9.10. The van der Waals surface area contributed by atoms with Crippen LogP contribution < -0.4 is 4.90 Å². The van der Waals surface area contributed by atoms with Crippen molar-refractivity contribution < 1.29 is 0 Å². The Bertz CT molecular complexity index is 370. The summed E-state index contributed by atoms with van der Waals surface area (Å²) < 4.78 is 1.00. The lowest BCUT2D eigenvalue weighted by Gasteiger charge is -2.36. The first-order chi connectivity index (χ1) is 7.72. The van der Waals surface area contributed by atoms with Gasteiger partial charge >= 0.3 is 0 Å². The van der Waals surface area contributed by atoms with Crippen LogP contribution in [0.4, 0.5) is 5.82 Å². The summed E-state index contributed by atoms with van der Waals surface area (Å²) in [5, 5.41) is 0.681. The Morgan fingerprint density at radius 2 is 2.38 bits per heavy atom. The fourth-order valence-electron chi connectivity index (χ4n) is 2.32. The van der Waals surface area contributed by atoms with Gasteiger partial charge in [-0.15, -0.1) is 0 Å². The van der Waals surface area contributed by atoms with Crippen molar-refractivity contribution in [3.05, 3.63) is 21.8 Å². The molecule has 1 atom stereocenters. The monoisotopic (exact) mass is 302 g/mol. The van der Waals surface area contributed by atoms with Gasteiger partial charge in [-0.05, 0) is 47.7 Å². The third-order valence-electron chi connectivity index (χ3n) is 3.16. The third kappa shape index (κ3) is 2.51. The average Bonchev–Trinajstić information content (AvgIpc) is 2.29. The van der Waals surface area contributed by atoms with Gasteiger partial charge in [0.2, 0.25) is 0 Å². The highest BCUT2D eigenvalue weighted by atomic mass is 79.9. The zero-order chi connectivity index (χ0) is 11.5. The van der Waals surface area contributed by atoms with Gasteiger partial charge in [0.1, 0.15) is 5.82 Å². The average molecular weight is 304 g/mol. The predicted octanol–water partition coefficient (Wildman–Crippen LogP) is 4.27.